The summed E-state index contributed by atoms with van der Waals surface area (Å²) >= 11 is 0. The smallest absolute Gasteiger partial charge is 0.150 e. The van der Waals surface area contributed by atoms with Gasteiger partial charge in [0.25, 0.3) is 0 Å². The lowest BCUT2D eigenvalue weighted by atomic mass is 9.80. The van der Waals surface area contributed by atoms with Crippen LogP contribution in [0.3, 0.4) is 0 Å². The molecule has 2 aliphatic heterocycles. The zero-order valence-corrected chi connectivity index (χ0v) is 16.2. The van der Waals surface area contributed by atoms with E-state index >= 15 is 0 Å². The van der Waals surface area contributed by atoms with Crippen molar-refractivity contribution in [3.8, 4) is 16.9 Å². The van der Waals surface area contributed by atoms with Crippen molar-refractivity contribution >= 4 is 11.3 Å². The molecule has 0 radical (unpaired) electrons. The van der Waals surface area contributed by atoms with Gasteiger partial charge >= 0.3 is 0 Å². The lowest BCUT2D eigenvalue weighted by molar-refractivity contribution is 0.243. The molecule has 1 unspecified atom stereocenters. The maximum Gasteiger partial charge on any atom is 0.150 e. The summed E-state index contributed by atoms with van der Waals surface area (Å²) in [6, 6.07) is 19.2. The summed E-state index contributed by atoms with van der Waals surface area (Å²) in [5.74, 6) is 0.462. The monoisotopic (exact) mass is 371 g/mol. The minimum Gasteiger partial charge on any atom is -0.480 e. The van der Waals surface area contributed by atoms with E-state index in [1.54, 1.807) is 12.1 Å². The quantitative estimate of drug-likeness (QED) is 0.521. The molecule has 0 aliphatic carbocycles. The molecule has 0 aromatic heterocycles. The first kappa shape index (κ1) is 17.1. The molecule has 0 fully saturated rings. The number of hydrogen-bond donors (Lipinski definition) is 1. The predicted molar refractivity (Wildman–Crippen MR) is 112 cm³/mol. The van der Waals surface area contributed by atoms with Crippen LogP contribution in [0, 0.1) is 5.82 Å². The standard InChI is InChI=1S/C25H22FNO/c1-15-14-25(2,3)27-20-11-10-18-19-13-17(26)9-12-21(19)28-24(23(18)22(15)20)16-7-5-4-6-8-16/h4-14,24,27H,1-3H3. The van der Waals surface area contributed by atoms with Crippen LogP contribution in [-0.4, -0.2) is 5.54 Å². The fraction of sp³-hybridized carbons (Fsp3) is 0.200. The van der Waals surface area contributed by atoms with Gasteiger partial charge in [-0.2, -0.15) is 0 Å². The molecular weight excluding hydrogens is 349 g/mol. The largest absolute Gasteiger partial charge is 0.480 e. The lowest BCUT2D eigenvalue weighted by Crippen LogP contribution is -2.32. The highest BCUT2D eigenvalue weighted by atomic mass is 19.1. The molecular formula is C25H22FNO. The zero-order chi connectivity index (χ0) is 19.5. The van der Waals surface area contributed by atoms with Crippen molar-refractivity contribution in [2.75, 3.05) is 5.32 Å². The van der Waals surface area contributed by atoms with Crippen molar-refractivity contribution in [3.63, 3.8) is 0 Å². The number of nitrogens with one attached hydrogen (secondary N) is 1. The number of fused-ring (bicyclic) bond motifs is 5. The second-order valence-electron chi connectivity index (χ2n) is 8.17. The summed E-state index contributed by atoms with van der Waals surface area (Å²) in [6.07, 6.45) is 2.01. The van der Waals surface area contributed by atoms with Crippen molar-refractivity contribution < 1.29 is 9.13 Å². The topological polar surface area (TPSA) is 21.3 Å². The molecule has 5 rings (SSSR count). The Morgan fingerprint density at radius 3 is 2.54 bits per heavy atom. The molecule has 2 aliphatic rings. The van der Waals surface area contributed by atoms with E-state index in [4.69, 9.17) is 4.74 Å². The van der Waals surface area contributed by atoms with E-state index in [-0.39, 0.29) is 17.5 Å². The minimum atomic E-state index is -0.254. The fourth-order valence-corrected chi connectivity index (χ4v) is 4.52. The molecule has 0 bridgehead atoms. The van der Waals surface area contributed by atoms with E-state index in [0.717, 1.165) is 33.5 Å². The van der Waals surface area contributed by atoms with Gasteiger partial charge in [0.05, 0.1) is 5.54 Å². The van der Waals surface area contributed by atoms with Crippen LogP contribution in [-0.2, 0) is 0 Å². The molecule has 140 valence electrons. The third kappa shape index (κ3) is 2.62. The second kappa shape index (κ2) is 5.96. The first-order valence-electron chi connectivity index (χ1n) is 9.59. The first-order valence-corrected chi connectivity index (χ1v) is 9.59. The number of halogens is 1. The van der Waals surface area contributed by atoms with Crippen molar-refractivity contribution in [1.29, 1.82) is 0 Å². The first-order chi connectivity index (χ1) is 13.4. The molecule has 3 aromatic carbocycles. The van der Waals surface area contributed by atoms with Crippen molar-refractivity contribution in [2.45, 2.75) is 32.4 Å². The average molecular weight is 371 g/mol. The van der Waals surface area contributed by atoms with Gasteiger partial charge in [0.2, 0.25) is 0 Å². The van der Waals surface area contributed by atoms with Crippen molar-refractivity contribution in [3.05, 3.63) is 89.2 Å². The van der Waals surface area contributed by atoms with E-state index < -0.39 is 0 Å². The summed E-state index contributed by atoms with van der Waals surface area (Å²) in [4.78, 5) is 0. The Balaban J connectivity index is 1.82. The number of allylic oxidation sites excluding steroid dienone is 1. The third-order valence-corrected chi connectivity index (χ3v) is 5.52. The van der Waals surface area contributed by atoms with Crippen LogP contribution in [0.2, 0.25) is 0 Å². The van der Waals surface area contributed by atoms with Crippen LogP contribution < -0.4 is 10.1 Å². The average Bonchev–Trinajstić information content (AvgIpc) is 2.66. The van der Waals surface area contributed by atoms with E-state index in [1.807, 2.05) is 18.2 Å². The molecule has 1 atom stereocenters. The minimum absolute atomic E-state index is 0.118. The molecule has 0 amide bonds. The van der Waals surface area contributed by atoms with Gasteiger partial charge in [-0.05, 0) is 61.7 Å². The molecule has 3 aromatic rings. The van der Waals surface area contributed by atoms with Crippen LogP contribution in [0.1, 0.15) is 43.6 Å². The fourth-order valence-electron chi connectivity index (χ4n) is 4.52. The Bertz CT molecular complexity index is 1110. The van der Waals surface area contributed by atoms with Gasteiger partial charge in [-0.15, -0.1) is 0 Å². The molecule has 0 saturated heterocycles. The van der Waals surface area contributed by atoms with Crippen molar-refractivity contribution in [2.24, 2.45) is 0 Å². The number of anilines is 1. The maximum atomic E-state index is 14.0. The number of rotatable bonds is 1. The third-order valence-electron chi connectivity index (χ3n) is 5.52. The predicted octanol–water partition coefficient (Wildman–Crippen LogP) is 6.58. The Hall–Kier alpha value is -3.07. The van der Waals surface area contributed by atoms with Gasteiger partial charge in [-0.25, -0.2) is 4.39 Å². The van der Waals surface area contributed by atoms with Gasteiger partial charge in [0, 0.05) is 22.4 Å². The van der Waals surface area contributed by atoms with Crippen LogP contribution in [0.5, 0.6) is 5.75 Å². The summed E-state index contributed by atoms with van der Waals surface area (Å²) < 4.78 is 20.5. The molecule has 1 N–H and O–H groups in total. The van der Waals surface area contributed by atoms with Gasteiger partial charge in [0.1, 0.15) is 11.6 Å². The number of ether oxygens (including phenoxy) is 1. The summed E-state index contributed by atoms with van der Waals surface area (Å²) in [7, 11) is 0. The van der Waals surface area contributed by atoms with Crippen LogP contribution in [0.25, 0.3) is 16.7 Å². The Labute approximate surface area is 164 Å². The highest BCUT2D eigenvalue weighted by Gasteiger charge is 2.34. The van der Waals surface area contributed by atoms with E-state index in [2.05, 4.69) is 56.4 Å². The van der Waals surface area contributed by atoms with E-state index in [0.29, 0.717) is 5.75 Å². The Morgan fingerprint density at radius 2 is 1.75 bits per heavy atom. The maximum absolute atomic E-state index is 14.0. The zero-order valence-electron chi connectivity index (χ0n) is 16.2. The second-order valence-corrected chi connectivity index (χ2v) is 8.17. The Kier molecular flexibility index (Phi) is 3.63. The van der Waals surface area contributed by atoms with Gasteiger partial charge < -0.3 is 10.1 Å². The summed E-state index contributed by atoms with van der Waals surface area (Å²) in [5, 5.41) is 3.62. The molecule has 2 nitrogen and oxygen atoms in total. The lowest BCUT2D eigenvalue weighted by Gasteiger charge is -2.37. The highest BCUT2D eigenvalue weighted by molar-refractivity contribution is 5.90. The Morgan fingerprint density at radius 1 is 0.964 bits per heavy atom. The van der Waals surface area contributed by atoms with Gasteiger partial charge in [-0.1, -0.05) is 42.5 Å². The molecule has 0 saturated carbocycles. The van der Waals surface area contributed by atoms with Crippen LogP contribution in [0.4, 0.5) is 10.1 Å². The van der Waals surface area contributed by atoms with Crippen molar-refractivity contribution in [1.82, 2.24) is 0 Å². The van der Waals surface area contributed by atoms with E-state index in [1.165, 1.54) is 11.6 Å². The number of benzene rings is 3. The van der Waals surface area contributed by atoms with E-state index in [9.17, 15) is 4.39 Å². The molecule has 2 heterocycles. The summed E-state index contributed by atoms with van der Waals surface area (Å²) in [6.45, 7) is 6.47. The molecule has 3 heteroatoms. The van der Waals surface area contributed by atoms with Gasteiger partial charge in [-0.3, -0.25) is 0 Å². The highest BCUT2D eigenvalue weighted by Crippen LogP contribution is 2.50. The van der Waals surface area contributed by atoms with Crippen LogP contribution >= 0.6 is 0 Å². The normalized spacial score (nSPS) is 18.7. The molecule has 28 heavy (non-hydrogen) atoms. The van der Waals surface area contributed by atoms with Crippen LogP contribution in [0.15, 0.2) is 66.7 Å². The molecule has 0 spiro atoms. The summed E-state index contributed by atoms with van der Waals surface area (Å²) in [5.41, 5.74) is 7.36. The number of hydrogen-bond acceptors (Lipinski definition) is 2. The SMILES string of the molecule is CC1=CC(C)(C)Nc2ccc3c(c21)C(c1ccccc1)Oc1ccc(F)cc1-3. The van der Waals surface area contributed by atoms with Gasteiger partial charge in [0.15, 0.2) is 6.10 Å².